The molecule has 0 aliphatic carbocycles. The van der Waals surface area contributed by atoms with Crippen molar-refractivity contribution in [2.75, 3.05) is 13.2 Å². The van der Waals surface area contributed by atoms with Gasteiger partial charge in [0.1, 0.15) is 0 Å². The highest BCUT2D eigenvalue weighted by atomic mass is 16.9. The molecule has 3 nitrogen and oxygen atoms in total. The van der Waals surface area contributed by atoms with Gasteiger partial charge in [-0.3, -0.25) is 0 Å². The molecule has 0 radical (unpaired) electrons. The highest BCUT2D eigenvalue weighted by Gasteiger charge is 2.57. The smallest absolute Gasteiger partial charge is 0.312 e. The second-order valence-corrected chi connectivity index (χ2v) is 5.73. The Balaban J connectivity index is 1.87. The van der Waals surface area contributed by atoms with Crippen LogP contribution in [0.2, 0.25) is 0 Å². The third-order valence-corrected chi connectivity index (χ3v) is 4.45. The minimum atomic E-state index is -1.05. The van der Waals surface area contributed by atoms with Gasteiger partial charge in [0.15, 0.2) is 0 Å². The lowest BCUT2D eigenvalue weighted by atomic mass is 9.78. The molecule has 0 saturated carbocycles. The van der Waals surface area contributed by atoms with Gasteiger partial charge in [0.2, 0.25) is 0 Å². The molecule has 0 amide bonds. The normalized spacial score (nSPS) is 35.8. The summed E-state index contributed by atoms with van der Waals surface area (Å²) in [7, 11) is 0. The predicted molar refractivity (Wildman–Crippen MR) is 75.8 cm³/mol. The molecular formula is C17H20O3. The van der Waals surface area contributed by atoms with E-state index in [-0.39, 0.29) is 11.5 Å². The van der Waals surface area contributed by atoms with Crippen molar-refractivity contribution in [1.29, 1.82) is 0 Å². The zero-order valence-electron chi connectivity index (χ0n) is 12.0. The van der Waals surface area contributed by atoms with Crippen LogP contribution in [-0.4, -0.2) is 19.3 Å². The number of ether oxygens (including phenoxy) is 3. The van der Waals surface area contributed by atoms with Crippen LogP contribution in [0.3, 0.4) is 0 Å². The van der Waals surface area contributed by atoms with E-state index >= 15 is 0 Å². The van der Waals surface area contributed by atoms with Gasteiger partial charge in [0.05, 0.1) is 19.3 Å². The maximum atomic E-state index is 6.09. The fraction of sp³-hybridized carbons (Fsp3) is 0.529. The predicted octanol–water partition coefficient (Wildman–Crippen LogP) is 3.03. The van der Waals surface area contributed by atoms with Gasteiger partial charge in [0, 0.05) is 16.5 Å². The highest BCUT2D eigenvalue weighted by Crippen LogP contribution is 2.49. The Morgan fingerprint density at radius 1 is 1.25 bits per heavy atom. The lowest BCUT2D eigenvalue weighted by Gasteiger charge is -2.55. The van der Waals surface area contributed by atoms with Crippen molar-refractivity contribution >= 4 is 0 Å². The molecule has 3 heteroatoms. The zero-order chi connectivity index (χ0) is 14.2. The first-order valence-electron chi connectivity index (χ1n) is 7.17. The van der Waals surface area contributed by atoms with Crippen LogP contribution in [0.25, 0.3) is 0 Å². The largest absolute Gasteiger partial charge is 0.323 e. The van der Waals surface area contributed by atoms with Gasteiger partial charge < -0.3 is 14.2 Å². The summed E-state index contributed by atoms with van der Waals surface area (Å²) >= 11 is 0. The van der Waals surface area contributed by atoms with Crippen molar-refractivity contribution in [3.8, 4) is 12.3 Å². The molecule has 1 aromatic carbocycles. The van der Waals surface area contributed by atoms with E-state index in [4.69, 9.17) is 20.6 Å². The molecule has 0 aromatic heterocycles. The molecule has 3 saturated heterocycles. The average Bonchev–Trinajstić information content (AvgIpc) is 2.49. The van der Waals surface area contributed by atoms with Crippen LogP contribution < -0.4 is 0 Å². The Bertz CT molecular complexity index is 518. The Labute approximate surface area is 120 Å². The summed E-state index contributed by atoms with van der Waals surface area (Å²) in [5.41, 5.74) is 1.70. The standard InChI is InChI=1S/C17H20O3/c1-4-10-16-11-18-17(19-12-16,20-13(16)3)15-8-6-14(5-2)7-9-15/h2,6-9,13H,4,10-12H2,1,3H3. The number of fused-ring (bicyclic) bond motifs is 3. The molecule has 106 valence electrons. The van der Waals surface area contributed by atoms with Crippen LogP contribution in [0.1, 0.15) is 37.8 Å². The van der Waals surface area contributed by atoms with Gasteiger partial charge in [-0.25, -0.2) is 0 Å². The second-order valence-electron chi connectivity index (χ2n) is 5.73. The van der Waals surface area contributed by atoms with Crippen LogP contribution in [-0.2, 0) is 20.2 Å². The number of hydrogen-bond acceptors (Lipinski definition) is 3. The number of rotatable bonds is 3. The summed E-state index contributed by atoms with van der Waals surface area (Å²) in [6.45, 7) is 5.65. The second kappa shape index (κ2) is 4.89. The molecule has 3 aliphatic heterocycles. The molecule has 3 fully saturated rings. The minimum absolute atomic E-state index is 0.00471. The SMILES string of the molecule is C#Cc1ccc(C23OCC(CCC)(CO2)C(C)O3)cc1. The van der Waals surface area contributed by atoms with Crippen molar-refractivity contribution in [2.45, 2.75) is 38.8 Å². The highest BCUT2D eigenvalue weighted by molar-refractivity contribution is 5.35. The third kappa shape index (κ3) is 1.96. The van der Waals surface area contributed by atoms with E-state index in [1.54, 1.807) is 0 Å². The molecule has 1 unspecified atom stereocenters. The van der Waals surface area contributed by atoms with E-state index in [9.17, 15) is 0 Å². The fourth-order valence-electron chi connectivity index (χ4n) is 3.07. The summed E-state index contributed by atoms with van der Waals surface area (Å²) in [6.07, 6.45) is 7.66. The van der Waals surface area contributed by atoms with Crippen molar-refractivity contribution in [3.63, 3.8) is 0 Å². The van der Waals surface area contributed by atoms with E-state index < -0.39 is 5.97 Å². The molecule has 0 spiro atoms. The third-order valence-electron chi connectivity index (χ3n) is 4.45. The number of benzene rings is 1. The van der Waals surface area contributed by atoms with Crippen LogP contribution in [0.15, 0.2) is 24.3 Å². The van der Waals surface area contributed by atoms with Crippen molar-refractivity contribution in [3.05, 3.63) is 35.4 Å². The van der Waals surface area contributed by atoms with Crippen LogP contribution in [0.4, 0.5) is 0 Å². The topological polar surface area (TPSA) is 27.7 Å². The Hall–Kier alpha value is -1.34. The first-order chi connectivity index (χ1) is 9.64. The van der Waals surface area contributed by atoms with Gasteiger partial charge in [-0.15, -0.1) is 6.42 Å². The van der Waals surface area contributed by atoms with Crippen LogP contribution in [0, 0.1) is 17.8 Å². The summed E-state index contributed by atoms with van der Waals surface area (Å²) in [6, 6.07) is 7.60. The maximum Gasteiger partial charge on any atom is 0.312 e. The van der Waals surface area contributed by atoms with E-state index in [1.807, 2.05) is 24.3 Å². The monoisotopic (exact) mass is 272 g/mol. The van der Waals surface area contributed by atoms with Crippen LogP contribution >= 0.6 is 0 Å². The first-order valence-corrected chi connectivity index (χ1v) is 7.17. The molecule has 20 heavy (non-hydrogen) atoms. The molecule has 0 N–H and O–H groups in total. The van der Waals surface area contributed by atoms with E-state index in [2.05, 4.69) is 19.8 Å². The maximum absolute atomic E-state index is 6.09. The van der Waals surface area contributed by atoms with E-state index in [0.717, 1.165) is 24.0 Å². The van der Waals surface area contributed by atoms with Crippen LogP contribution in [0.5, 0.6) is 0 Å². The molecule has 2 bridgehead atoms. The van der Waals surface area contributed by atoms with E-state index in [1.165, 1.54) is 0 Å². The Morgan fingerprint density at radius 2 is 1.90 bits per heavy atom. The van der Waals surface area contributed by atoms with Crippen molar-refractivity contribution in [2.24, 2.45) is 5.41 Å². The number of terminal acetylenes is 1. The molecule has 1 aromatic rings. The Morgan fingerprint density at radius 3 is 2.40 bits per heavy atom. The molecule has 3 heterocycles. The molecular weight excluding hydrogens is 252 g/mol. The van der Waals surface area contributed by atoms with Gasteiger partial charge in [-0.05, 0) is 37.6 Å². The van der Waals surface area contributed by atoms with Gasteiger partial charge in [-0.1, -0.05) is 19.3 Å². The summed E-state index contributed by atoms with van der Waals surface area (Å²) in [4.78, 5) is 0. The zero-order valence-corrected chi connectivity index (χ0v) is 12.0. The van der Waals surface area contributed by atoms with Gasteiger partial charge in [0.25, 0.3) is 0 Å². The molecule has 1 atom stereocenters. The van der Waals surface area contributed by atoms with Crippen molar-refractivity contribution < 1.29 is 14.2 Å². The van der Waals surface area contributed by atoms with E-state index in [0.29, 0.717) is 13.2 Å². The summed E-state index contributed by atoms with van der Waals surface area (Å²) in [5.74, 6) is 1.55. The first kappa shape index (κ1) is 13.6. The average molecular weight is 272 g/mol. The molecule has 4 rings (SSSR count). The number of hydrogen-bond donors (Lipinski definition) is 0. The van der Waals surface area contributed by atoms with Gasteiger partial charge >= 0.3 is 5.97 Å². The Kier molecular flexibility index (Phi) is 3.33. The summed E-state index contributed by atoms with van der Waals surface area (Å²) < 4.78 is 18.0. The van der Waals surface area contributed by atoms with Crippen molar-refractivity contribution in [1.82, 2.24) is 0 Å². The molecule has 3 aliphatic rings. The lowest BCUT2D eigenvalue weighted by Crippen LogP contribution is -2.62. The fourth-order valence-corrected chi connectivity index (χ4v) is 3.07. The quantitative estimate of drug-likeness (QED) is 0.792. The van der Waals surface area contributed by atoms with Gasteiger partial charge in [-0.2, -0.15) is 0 Å². The minimum Gasteiger partial charge on any atom is -0.323 e. The summed E-state index contributed by atoms with van der Waals surface area (Å²) in [5, 5.41) is 0. The lowest BCUT2D eigenvalue weighted by molar-refractivity contribution is -0.498.